The van der Waals surface area contributed by atoms with E-state index in [4.69, 9.17) is 4.89 Å². The molecule has 2 nitrogen and oxygen atoms in total. The summed E-state index contributed by atoms with van der Waals surface area (Å²) in [7, 11) is -8.90. The fourth-order valence-corrected chi connectivity index (χ4v) is 2.43. The molecule has 0 bridgehead atoms. The zero-order chi connectivity index (χ0) is 19.5. The molecule has 0 aromatic rings. The Balaban J connectivity index is 6.44. The van der Waals surface area contributed by atoms with Crippen LogP contribution in [0, 0.1) is 0 Å². The quantitative estimate of drug-likeness (QED) is 0.527. The Kier molecular flexibility index (Phi) is 4.98. The molecule has 0 aliphatic heterocycles. The highest BCUT2D eigenvalue weighted by molar-refractivity contribution is 7.60. The van der Waals surface area contributed by atoms with Gasteiger partial charge in [0.2, 0.25) is 0 Å². The second-order valence-corrected chi connectivity index (χ2v) is 6.47. The molecule has 0 saturated heterocycles. The Labute approximate surface area is 117 Å². The number of hydrogen-bond donors (Lipinski definition) is 1. The predicted molar refractivity (Wildman–Crippen MR) is 46.3 cm³/mol. The largest absolute Gasteiger partial charge is 0.460 e. The smallest absolute Gasteiger partial charge is 0.336 e. The van der Waals surface area contributed by atoms with Gasteiger partial charge in [-0.15, -0.1) is 0 Å². The third kappa shape index (κ3) is 2.79. The minimum atomic E-state index is -8.90. The molecule has 1 atom stereocenters. The Morgan fingerprint density at radius 1 is 0.652 bits per heavy atom. The first kappa shape index (κ1) is 22.3. The SMILES string of the molecule is CC(F)(F)C(F)(F)C(F)(F)P(=O)(O)C(F)(F)C(F)(F)C(F)(F)F. The Morgan fingerprint density at radius 3 is 1.13 bits per heavy atom. The lowest BCUT2D eigenvalue weighted by atomic mass is 10.2. The van der Waals surface area contributed by atoms with Crippen molar-refractivity contribution in [1.29, 1.82) is 0 Å². The number of rotatable bonds is 5. The normalized spacial score (nSPS) is 18.7. The van der Waals surface area contributed by atoms with Gasteiger partial charge in [0.1, 0.15) is 0 Å². The highest BCUT2D eigenvalue weighted by atomic mass is 31.2. The van der Waals surface area contributed by atoms with Crippen LogP contribution in [0.5, 0.6) is 0 Å². The Hall–Kier alpha value is -0.720. The standard InChI is InChI=1S/C7H4F13O2P/c1-2(8,9)3(10,11)6(17,18)23(21,22)7(19,20)4(12,13)5(14,15)16/h1H3,(H,21,22). The lowest BCUT2D eigenvalue weighted by Gasteiger charge is -2.38. The maximum absolute atomic E-state index is 13.0. The zero-order valence-electron chi connectivity index (χ0n) is 10.2. The van der Waals surface area contributed by atoms with Gasteiger partial charge in [0.05, 0.1) is 0 Å². The van der Waals surface area contributed by atoms with Gasteiger partial charge in [-0.05, 0) is 0 Å². The summed E-state index contributed by atoms with van der Waals surface area (Å²) in [6.07, 6.45) is -7.42. The molecule has 0 heterocycles. The van der Waals surface area contributed by atoms with Crippen LogP contribution >= 0.6 is 7.37 Å². The second-order valence-electron chi connectivity index (χ2n) is 4.19. The van der Waals surface area contributed by atoms with Gasteiger partial charge in [0.25, 0.3) is 0 Å². The molecule has 0 radical (unpaired) electrons. The van der Waals surface area contributed by atoms with Crippen molar-refractivity contribution in [2.24, 2.45) is 0 Å². The lowest BCUT2D eigenvalue weighted by molar-refractivity contribution is -0.338. The summed E-state index contributed by atoms with van der Waals surface area (Å²) >= 11 is 0. The molecule has 0 rings (SSSR count). The molecule has 0 saturated carbocycles. The summed E-state index contributed by atoms with van der Waals surface area (Å²) in [5, 5.41) is 0. The summed E-state index contributed by atoms with van der Waals surface area (Å²) in [4.78, 5) is 8.23. The van der Waals surface area contributed by atoms with E-state index in [1.54, 1.807) is 0 Å². The van der Waals surface area contributed by atoms with E-state index in [1.807, 2.05) is 0 Å². The van der Waals surface area contributed by atoms with Gasteiger partial charge < -0.3 is 4.89 Å². The van der Waals surface area contributed by atoms with Crippen molar-refractivity contribution in [2.45, 2.75) is 42.2 Å². The monoisotopic (exact) mass is 398 g/mol. The van der Waals surface area contributed by atoms with Gasteiger partial charge in [-0.1, -0.05) is 0 Å². The van der Waals surface area contributed by atoms with E-state index in [0.29, 0.717) is 0 Å². The molecule has 0 amide bonds. The van der Waals surface area contributed by atoms with Gasteiger partial charge in [-0.3, -0.25) is 4.57 Å². The summed E-state index contributed by atoms with van der Waals surface area (Å²) in [6.45, 7) is -1.05. The van der Waals surface area contributed by atoms with Crippen molar-refractivity contribution in [3.8, 4) is 0 Å². The maximum Gasteiger partial charge on any atom is 0.460 e. The molecule has 16 heteroatoms. The summed E-state index contributed by atoms with van der Waals surface area (Å²) in [5.74, 6) is -20.8. The maximum atomic E-state index is 13.0. The van der Waals surface area contributed by atoms with Crippen LogP contribution in [0.15, 0.2) is 0 Å². The molecule has 0 spiro atoms. The van der Waals surface area contributed by atoms with E-state index < -0.39 is 49.6 Å². The van der Waals surface area contributed by atoms with Crippen LogP contribution in [-0.2, 0) is 4.57 Å². The average molecular weight is 398 g/mol. The summed E-state index contributed by atoms with van der Waals surface area (Å²) in [6, 6.07) is 0. The molecule has 0 fully saturated rings. The van der Waals surface area contributed by atoms with Crippen molar-refractivity contribution in [1.82, 2.24) is 0 Å². The third-order valence-electron chi connectivity index (χ3n) is 2.42. The molecule has 0 aromatic carbocycles. The van der Waals surface area contributed by atoms with Crippen molar-refractivity contribution >= 4 is 7.37 Å². The van der Waals surface area contributed by atoms with Crippen LogP contribution < -0.4 is 0 Å². The zero-order valence-corrected chi connectivity index (χ0v) is 11.1. The average Bonchev–Trinajstić information content (AvgIpc) is 2.24. The van der Waals surface area contributed by atoms with Gasteiger partial charge in [0, 0.05) is 6.92 Å². The summed E-state index contributed by atoms with van der Waals surface area (Å²) < 4.78 is 173. The topological polar surface area (TPSA) is 37.3 Å². The van der Waals surface area contributed by atoms with Crippen molar-refractivity contribution in [3.63, 3.8) is 0 Å². The Bertz CT molecular complexity index is 459. The van der Waals surface area contributed by atoms with Gasteiger partial charge in [-0.25, -0.2) is 0 Å². The molecular weight excluding hydrogens is 394 g/mol. The van der Waals surface area contributed by atoms with Crippen molar-refractivity contribution < 1.29 is 66.5 Å². The molecule has 1 unspecified atom stereocenters. The van der Waals surface area contributed by atoms with Crippen LogP contribution in [0.2, 0.25) is 0 Å². The van der Waals surface area contributed by atoms with E-state index in [1.165, 1.54) is 0 Å². The number of hydrogen-bond acceptors (Lipinski definition) is 1. The number of alkyl halides is 13. The summed E-state index contributed by atoms with van der Waals surface area (Å²) in [5.41, 5.74) is -15.2. The third-order valence-corrected chi connectivity index (χ3v) is 4.51. The lowest BCUT2D eigenvalue weighted by Crippen LogP contribution is -2.59. The van der Waals surface area contributed by atoms with E-state index >= 15 is 0 Å². The molecule has 1 N–H and O–H groups in total. The molecule has 0 aromatic heterocycles. The van der Waals surface area contributed by atoms with E-state index in [-0.39, 0.29) is 0 Å². The molecular formula is C7H4F13O2P. The van der Waals surface area contributed by atoms with Crippen LogP contribution in [-0.4, -0.2) is 40.2 Å². The fourth-order valence-electron chi connectivity index (χ4n) is 0.992. The molecule has 140 valence electrons. The highest BCUT2D eigenvalue weighted by Crippen LogP contribution is 2.77. The molecule has 23 heavy (non-hydrogen) atoms. The van der Waals surface area contributed by atoms with E-state index in [2.05, 4.69) is 0 Å². The van der Waals surface area contributed by atoms with Crippen LogP contribution in [0.1, 0.15) is 6.92 Å². The molecule has 0 aliphatic carbocycles. The minimum Gasteiger partial charge on any atom is -0.336 e. The first-order chi connectivity index (χ1) is 9.50. The van der Waals surface area contributed by atoms with E-state index in [9.17, 15) is 61.6 Å². The molecule has 0 aliphatic rings. The first-order valence-electron chi connectivity index (χ1n) is 4.79. The van der Waals surface area contributed by atoms with Crippen LogP contribution in [0.3, 0.4) is 0 Å². The Morgan fingerprint density at radius 2 is 0.913 bits per heavy atom. The van der Waals surface area contributed by atoms with Gasteiger partial charge >= 0.3 is 42.6 Å². The van der Waals surface area contributed by atoms with E-state index in [0.717, 1.165) is 0 Å². The van der Waals surface area contributed by atoms with Crippen molar-refractivity contribution in [2.75, 3.05) is 0 Å². The predicted octanol–water partition coefficient (Wildman–Crippen LogP) is 4.93. The highest BCUT2D eigenvalue weighted by Gasteiger charge is 2.89. The van der Waals surface area contributed by atoms with Crippen LogP contribution in [0.4, 0.5) is 57.1 Å². The number of halogens is 13. The second kappa shape index (κ2) is 5.14. The first-order valence-corrected chi connectivity index (χ1v) is 6.45. The van der Waals surface area contributed by atoms with Crippen molar-refractivity contribution in [3.05, 3.63) is 0 Å². The fraction of sp³-hybridized carbons (Fsp3) is 1.00. The van der Waals surface area contributed by atoms with Gasteiger partial charge in [0.15, 0.2) is 0 Å². The van der Waals surface area contributed by atoms with Gasteiger partial charge in [-0.2, -0.15) is 57.1 Å². The minimum absolute atomic E-state index is 1.05. The van der Waals surface area contributed by atoms with Crippen LogP contribution in [0.25, 0.3) is 0 Å².